The molecule has 3 heteroatoms. The van der Waals surface area contributed by atoms with Crippen LogP contribution in [0.15, 0.2) is 23.8 Å². The topological polar surface area (TPSA) is 12.0 Å². The molecule has 0 bridgehead atoms. The Morgan fingerprint density at radius 2 is 1.93 bits per heavy atom. The molecule has 0 atom stereocenters. The van der Waals surface area contributed by atoms with Gasteiger partial charge in [0.25, 0.3) is 0 Å². The molecule has 0 aromatic heterocycles. The maximum Gasteiger partial charge on any atom is 0.0493 e. The van der Waals surface area contributed by atoms with Gasteiger partial charge in [-0.15, -0.1) is 0 Å². The number of hydrogen-bond donors (Lipinski definition) is 1. The molecule has 15 heavy (non-hydrogen) atoms. The fourth-order valence-corrected chi connectivity index (χ4v) is 1.77. The first kappa shape index (κ1) is 12.6. The molecule has 0 saturated heterocycles. The second-order valence-corrected chi connectivity index (χ2v) is 4.22. The molecular weight excluding hydrogens is 229 g/mol. The standard InChI is InChI=1S/C12H15Cl2N/c1-3-15-8-9(2)7-10-11(13)5-4-6-12(10)14/h4-7,15H,3,8H2,1-2H3. The van der Waals surface area contributed by atoms with Gasteiger partial charge in [-0.25, -0.2) is 0 Å². The zero-order valence-electron chi connectivity index (χ0n) is 8.98. The van der Waals surface area contributed by atoms with E-state index in [0.29, 0.717) is 10.0 Å². The molecule has 1 rings (SSSR count). The summed E-state index contributed by atoms with van der Waals surface area (Å²) in [4.78, 5) is 0. The van der Waals surface area contributed by atoms with Crippen molar-refractivity contribution in [2.75, 3.05) is 13.1 Å². The maximum atomic E-state index is 6.06. The Labute approximate surface area is 101 Å². The second-order valence-electron chi connectivity index (χ2n) is 3.41. The lowest BCUT2D eigenvalue weighted by Crippen LogP contribution is -2.14. The summed E-state index contributed by atoms with van der Waals surface area (Å²) in [5.41, 5.74) is 2.11. The molecule has 0 heterocycles. The highest BCUT2D eigenvalue weighted by Gasteiger charge is 2.02. The van der Waals surface area contributed by atoms with E-state index >= 15 is 0 Å². The van der Waals surface area contributed by atoms with Crippen LogP contribution >= 0.6 is 23.2 Å². The Bertz CT molecular complexity index is 338. The molecule has 1 N–H and O–H groups in total. The Balaban J connectivity index is 2.87. The van der Waals surface area contributed by atoms with Crippen molar-refractivity contribution in [2.24, 2.45) is 0 Å². The normalized spacial score (nSPS) is 11.9. The minimum absolute atomic E-state index is 0.693. The minimum atomic E-state index is 0.693. The van der Waals surface area contributed by atoms with Crippen LogP contribution in [-0.2, 0) is 0 Å². The van der Waals surface area contributed by atoms with Gasteiger partial charge in [-0.2, -0.15) is 0 Å². The molecule has 0 aliphatic rings. The van der Waals surface area contributed by atoms with Crippen molar-refractivity contribution >= 4 is 29.3 Å². The highest BCUT2D eigenvalue weighted by Crippen LogP contribution is 2.26. The van der Waals surface area contributed by atoms with Crippen LogP contribution in [0.1, 0.15) is 19.4 Å². The van der Waals surface area contributed by atoms with Crippen molar-refractivity contribution in [2.45, 2.75) is 13.8 Å². The van der Waals surface area contributed by atoms with Crippen LogP contribution in [0.2, 0.25) is 10.0 Å². The fraction of sp³-hybridized carbons (Fsp3) is 0.333. The highest BCUT2D eigenvalue weighted by atomic mass is 35.5. The summed E-state index contributed by atoms with van der Waals surface area (Å²) in [7, 11) is 0. The molecule has 0 saturated carbocycles. The third-order valence-electron chi connectivity index (χ3n) is 2.04. The summed E-state index contributed by atoms with van der Waals surface area (Å²) in [6, 6.07) is 5.54. The van der Waals surface area contributed by atoms with Gasteiger partial charge in [-0.1, -0.05) is 47.8 Å². The third kappa shape index (κ3) is 3.86. The molecule has 0 fully saturated rings. The molecule has 0 radical (unpaired) electrons. The van der Waals surface area contributed by atoms with Crippen molar-refractivity contribution in [1.29, 1.82) is 0 Å². The van der Waals surface area contributed by atoms with Gasteiger partial charge < -0.3 is 5.32 Å². The van der Waals surface area contributed by atoms with Gasteiger partial charge in [-0.05, 0) is 25.6 Å². The maximum absolute atomic E-state index is 6.06. The smallest absolute Gasteiger partial charge is 0.0493 e. The average Bonchev–Trinajstić information content (AvgIpc) is 2.21. The highest BCUT2D eigenvalue weighted by molar-refractivity contribution is 6.37. The Hall–Kier alpha value is -0.500. The van der Waals surface area contributed by atoms with Crippen LogP contribution in [0, 0.1) is 0 Å². The monoisotopic (exact) mass is 243 g/mol. The molecule has 0 aliphatic heterocycles. The summed E-state index contributed by atoms with van der Waals surface area (Å²) < 4.78 is 0. The van der Waals surface area contributed by atoms with Gasteiger partial charge in [0.2, 0.25) is 0 Å². The quantitative estimate of drug-likeness (QED) is 0.843. The molecule has 82 valence electrons. The number of likely N-dealkylation sites (N-methyl/N-ethyl adjacent to an activating group) is 1. The zero-order chi connectivity index (χ0) is 11.3. The Morgan fingerprint density at radius 1 is 1.33 bits per heavy atom. The van der Waals surface area contributed by atoms with Gasteiger partial charge >= 0.3 is 0 Å². The molecule has 1 nitrogen and oxygen atoms in total. The molecule has 1 aromatic carbocycles. The number of nitrogens with one attached hydrogen (secondary N) is 1. The van der Waals surface area contributed by atoms with Crippen molar-refractivity contribution in [3.63, 3.8) is 0 Å². The fourth-order valence-electron chi connectivity index (χ4n) is 1.27. The first-order valence-electron chi connectivity index (χ1n) is 4.97. The zero-order valence-corrected chi connectivity index (χ0v) is 10.5. The van der Waals surface area contributed by atoms with E-state index in [1.54, 1.807) is 0 Å². The van der Waals surface area contributed by atoms with E-state index in [0.717, 1.165) is 18.7 Å². The Morgan fingerprint density at radius 3 is 2.47 bits per heavy atom. The van der Waals surface area contributed by atoms with Gasteiger partial charge in [-0.3, -0.25) is 0 Å². The van der Waals surface area contributed by atoms with Gasteiger partial charge in [0, 0.05) is 22.2 Å². The summed E-state index contributed by atoms with van der Waals surface area (Å²) in [6.45, 7) is 5.96. The molecule has 0 amide bonds. The van der Waals surface area contributed by atoms with Crippen LogP contribution < -0.4 is 5.32 Å². The average molecular weight is 244 g/mol. The first-order valence-corrected chi connectivity index (χ1v) is 5.72. The molecule has 0 unspecified atom stereocenters. The SMILES string of the molecule is CCNCC(C)=Cc1c(Cl)cccc1Cl. The second kappa shape index (κ2) is 6.16. The van der Waals surface area contributed by atoms with E-state index in [2.05, 4.69) is 19.2 Å². The predicted molar refractivity (Wildman–Crippen MR) is 68.7 cm³/mol. The van der Waals surface area contributed by atoms with Gasteiger partial charge in [0.1, 0.15) is 0 Å². The van der Waals surface area contributed by atoms with Crippen LogP contribution in [0.25, 0.3) is 6.08 Å². The van der Waals surface area contributed by atoms with E-state index in [9.17, 15) is 0 Å². The number of benzene rings is 1. The number of hydrogen-bond acceptors (Lipinski definition) is 1. The van der Waals surface area contributed by atoms with E-state index in [1.165, 1.54) is 5.57 Å². The lowest BCUT2D eigenvalue weighted by molar-refractivity contribution is 0.778. The van der Waals surface area contributed by atoms with E-state index in [-0.39, 0.29) is 0 Å². The number of rotatable bonds is 4. The van der Waals surface area contributed by atoms with Crippen molar-refractivity contribution in [3.8, 4) is 0 Å². The number of halogens is 2. The summed E-state index contributed by atoms with van der Waals surface area (Å²) in [6.07, 6.45) is 2.02. The van der Waals surface area contributed by atoms with Gasteiger partial charge in [0.15, 0.2) is 0 Å². The van der Waals surface area contributed by atoms with Crippen LogP contribution in [0.3, 0.4) is 0 Å². The van der Waals surface area contributed by atoms with Crippen LogP contribution in [0.5, 0.6) is 0 Å². The molecule has 1 aromatic rings. The largest absolute Gasteiger partial charge is 0.313 e. The van der Waals surface area contributed by atoms with Crippen LogP contribution in [0.4, 0.5) is 0 Å². The summed E-state index contributed by atoms with van der Waals surface area (Å²) in [5.74, 6) is 0. The molecule has 0 spiro atoms. The van der Waals surface area contributed by atoms with E-state index in [4.69, 9.17) is 23.2 Å². The lowest BCUT2D eigenvalue weighted by Gasteiger charge is -2.05. The van der Waals surface area contributed by atoms with Gasteiger partial charge in [0.05, 0.1) is 0 Å². The molecular formula is C12H15Cl2N. The van der Waals surface area contributed by atoms with Crippen molar-refractivity contribution in [3.05, 3.63) is 39.4 Å². The lowest BCUT2D eigenvalue weighted by atomic mass is 10.1. The van der Waals surface area contributed by atoms with Crippen molar-refractivity contribution < 1.29 is 0 Å². The summed E-state index contributed by atoms with van der Waals surface area (Å²) >= 11 is 12.1. The van der Waals surface area contributed by atoms with E-state index in [1.807, 2.05) is 24.3 Å². The van der Waals surface area contributed by atoms with Crippen molar-refractivity contribution in [1.82, 2.24) is 5.32 Å². The van der Waals surface area contributed by atoms with Crippen LogP contribution in [-0.4, -0.2) is 13.1 Å². The predicted octanol–water partition coefficient (Wildman–Crippen LogP) is 4.01. The van der Waals surface area contributed by atoms with E-state index < -0.39 is 0 Å². The molecule has 0 aliphatic carbocycles. The Kier molecular flexibility index (Phi) is 5.16. The third-order valence-corrected chi connectivity index (χ3v) is 2.70. The summed E-state index contributed by atoms with van der Waals surface area (Å²) in [5, 5.41) is 4.64. The first-order chi connectivity index (χ1) is 7.15. The minimum Gasteiger partial charge on any atom is -0.313 e.